The van der Waals surface area contributed by atoms with Crippen LogP contribution in [0.4, 0.5) is 0 Å². The van der Waals surface area contributed by atoms with Gasteiger partial charge in [0.25, 0.3) is 0 Å². The lowest BCUT2D eigenvalue weighted by Gasteiger charge is -2.09. The van der Waals surface area contributed by atoms with Gasteiger partial charge in [0.2, 0.25) is 0 Å². The molecule has 1 aromatic rings. The van der Waals surface area contributed by atoms with E-state index in [-0.39, 0.29) is 5.56 Å². The maximum atomic E-state index is 11.0. The van der Waals surface area contributed by atoms with Crippen LogP contribution >= 0.6 is 0 Å². The highest BCUT2D eigenvalue weighted by molar-refractivity contribution is 5.91. The molecule has 0 heterocycles. The molecular weight excluding hydrogens is 220 g/mol. The van der Waals surface area contributed by atoms with Gasteiger partial charge in [0.15, 0.2) is 0 Å². The third-order valence-electron chi connectivity index (χ3n) is 2.14. The normalized spacial score (nSPS) is 9.41. The monoisotopic (exact) mass is 234 g/mol. The van der Waals surface area contributed by atoms with Crippen LogP contribution in [0.3, 0.4) is 0 Å². The minimum atomic E-state index is -1.05. The maximum absolute atomic E-state index is 11.0. The van der Waals surface area contributed by atoms with Crippen molar-refractivity contribution in [2.24, 2.45) is 0 Å². The highest BCUT2D eigenvalue weighted by Gasteiger charge is 2.12. The Morgan fingerprint density at radius 3 is 2.88 bits per heavy atom. The molecule has 4 heteroatoms. The van der Waals surface area contributed by atoms with Gasteiger partial charge < -0.3 is 14.6 Å². The molecular formula is C13H14O4. The van der Waals surface area contributed by atoms with Crippen LogP contribution in [0.25, 0.3) is 0 Å². The zero-order valence-electron chi connectivity index (χ0n) is 9.60. The lowest BCUT2D eigenvalue weighted by atomic mass is 10.2. The molecule has 0 amide bonds. The number of methoxy groups -OCH3 is 1. The van der Waals surface area contributed by atoms with Crippen molar-refractivity contribution < 1.29 is 19.4 Å². The van der Waals surface area contributed by atoms with Crippen LogP contribution in [0, 0.1) is 12.3 Å². The average Bonchev–Trinajstić information content (AvgIpc) is 2.34. The van der Waals surface area contributed by atoms with Gasteiger partial charge in [0.05, 0.1) is 13.7 Å². The van der Waals surface area contributed by atoms with Crippen LogP contribution < -0.4 is 9.47 Å². The average molecular weight is 234 g/mol. The Bertz CT molecular complexity index is 432. The second-order valence-corrected chi connectivity index (χ2v) is 3.32. The summed E-state index contributed by atoms with van der Waals surface area (Å²) in [5.74, 6) is 2.26. The minimum absolute atomic E-state index is 0.0880. The molecule has 0 atom stereocenters. The summed E-state index contributed by atoms with van der Waals surface area (Å²) in [5, 5.41) is 9.02. The number of benzene rings is 1. The van der Waals surface area contributed by atoms with Gasteiger partial charge in [-0.25, -0.2) is 4.79 Å². The van der Waals surface area contributed by atoms with Gasteiger partial charge in [-0.15, -0.1) is 12.3 Å². The van der Waals surface area contributed by atoms with Crippen molar-refractivity contribution in [2.45, 2.75) is 12.8 Å². The van der Waals surface area contributed by atoms with Crippen LogP contribution in [0.2, 0.25) is 0 Å². The number of carboxylic acid groups (broad SMARTS) is 1. The SMILES string of the molecule is C#CCCCOc1ccc(OC)cc1C(=O)O. The number of ether oxygens (including phenoxy) is 2. The van der Waals surface area contributed by atoms with E-state index >= 15 is 0 Å². The Labute approximate surface area is 100 Å². The fourth-order valence-corrected chi connectivity index (χ4v) is 1.29. The lowest BCUT2D eigenvalue weighted by Crippen LogP contribution is -2.04. The van der Waals surface area contributed by atoms with E-state index in [1.165, 1.54) is 13.2 Å². The molecule has 0 spiro atoms. The summed E-state index contributed by atoms with van der Waals surface area (Å²) in [7, 11) is 1.48. The first kappa shape index (κ1) is 12.9. The quantitative estimate of drug-likeness (QED) is 0.605. The molecule has 0 bridgehead atoms. The molecule has 0 aromatic heterocycles. The zero-order chi connectivity index (χ0) is 12.7. The number of terminal acetylenes is 1. The third kappa shape index (κ3) is 3.72. The summed E-state index contributed by atoms with van der Waals surface area (Å²) in [6.07, 6.45) is 6.41. The number of unbranched alkanes of at least 4 members (excludes halogenated alkanes) is 1. The van der Waals surface area contributed by atoms with Gasteiger partial charge in [0.1, 0.15) is 17.1 Å². The number of rotatable bonds is 6. The molecule has 0 unspecified atom stereocenters. The topological polar surface area (TPSA) is 55.8 Å². The predicted octanol–water partition coefficient (Wildman–Crippen LogP) is 2.19. The molecule has 17 heavy (non-hydrogen) atoms. The number of hydrogen-bond acceptors (Lipinski definition) is 3. The Balaban J connectivity index is 2.77. The number of hydrogen-bond donors (Lipinski definition) is 1. The van der Waals surface area contributed by atoms with Crippen LogP contribution in [0.5, 0.6) is 11.5 Å². The molecule has 0 saturated heterocycles. The van der Waals surface area contributed by atoms with Gasteiger partial charge in [-0.05, 0) is 24.6 Å². The Kier molecular flexibility index (Phi) is 4.89. The highest BCUT2D eigenvalue weighted by Crippen LogP contribution is 2.24. The molecule has 0 saturated carbocycles. The van der Waals surface area contributed by atoms with Crippen LogP contribution in [0.1, 0.15) is 23.2 Å². The molecule has 0 aliphatic rings. The number of carboxylic acids is 1. The standard InChI is InChI=1S/C13H14O4/c1-3-4-5-8-17-12-7-6-10(16-2)9-11(12)13(14)15/h1,6-7,9H,4-5,8H2,2H3,(H,14,15). The number of carbonyl (C=O) groups is 1. The second kappa shape index (κ2) is 6.44. The smallest absolute Gasteiger partial charge is 0.339 e. The molecule has 0 radical (unpaired) electrons. The first-order valence-corrected chi connectivity index (χ1v) is 5.16. The molecule has 0 fully saturated rings. The van der Waals surface area contributed by atoms with Crippen LogP contribution in [0.15, 0.2) is 18.2 Å². The van der Waals surface area contributed by atoms with Crippen molar-refractivity contribution in [2.75, 3.05) is 13.7 Å². The van der Waals surface area contributed by atoms with Gasteiger partial charge in [-0.1, -0.05) is 0 Å². The second-order valence-electron chi connectivity index (χ2n) is 3.32. The minimum Gasteiger partial charge on any atom is -0.497 e. The largest absolute Gasteiger partial charge is 0.497 e. The summed E-state index contributed by atoms with van der Waals surface area (Å²) in [4.78, 5) is 11.0. The Morgan fingerprint density at radius 1 is 1.53 bits per heavy atom. The van der Waals surface area contributed by atoms with Crippen molar-refractivity contribution in [3.8, 4) is 23.8 Å². The molecule has 0 aliphatic heterocycles. The first-order chi connectivity index (χ1) is 8.19. The van der Waals surface area contributed by atoms with Crippen molar-refractivity contribution in [3.63, 3.8) is 0 Å². The maximum Gasteiger partial charge on any atom is 0.339 e. The van der Waals surface area contributed by atoms with E-state index < -0.39 is 5.97 Å². The van der Waals surface area contributed by atoms with Crippen molar-refractivity contribution >= 4 is 5.97 Å². The van der Waals surface area contributed by atoms with Crippen LogP contribution in [-0.4, -0.2) is 24.8 Å². The molecule has 1 aromatic carbocycles. The fourth-order valence-electron chi connectivity index (χ4n) is 1.29. The Hall–Kier alpha value is -2.15. The Morgan fingerprint density at radius 2 is 2.29 bits per heavy atom. The molecule has 1 N–H and O–H groups in total. The van der Waals surface area contributed by atoms with Crippen molar-refractivity contribution in [1.82, 2.24) is 0 Å². The van der Waals surface area contributed by atoms with Gasteiger partial charge >= 0.3 is 5.97 Å². The highest BCUT2D eigenvalue weighted by atomic mass is 16.5. The van der Waals surface area contributed by atoms with E-state index in [0.29, 0.717) is 30.9 Å². The summed E-state index contributed by atoms with van der Waals surface area (Å²) in [5.41, 5.74) is 0.0880. The summed E-state index contributed by atoms with van der Waals surface area (Å²) < 4.78 is 10.3. The van der Waals surface area contributed by atoms with Gasteiger partial charge in [-0.3, -0.25) is 0 Å². The lowest BCUT2D eigenvalue weighted by molar-refractivity contribution is 0.0691. The van der Waals surface area contributed by atoms with E-state index in [2.05, 4.69) is 5.92 Å². The van der Waals surface area contributed by atoms with Gasteiger partial charge in [0, 0.05) is 6.42 Å². The van der Waals surface area contributed by atoms with E-state index in [4.69, 9.17) is 21.0 Å². The number of aromatic carboxylic acids is 1. The predicted molar refractivity (Wildman–Crippen MR) is 63.5 cm³/mol. The van der Waals surface area contributed by atoms with Crippen molar-refractivity contribution in [3.05, 3.63) is 23.8 Å². The zero-order valence-corrected chi connectivity index (χ0v) is 9.60. The summed E-state index contributed by atoms with van der Waals surface area (Å²) in [6.45, 7) is 0.400. The molecule has 1 rings (SSSR count). The van der Waals surface area contributed by atoms with Gasteiger partial charge in [-0.2, -0.15) is 0 Å². The summed E-state index contributed by atoms with van der Waals surface area (Å²) in [6, 6.07) is 4.67. The van der Waals surface area contributed by atoms with Crippen LogP contribution in [-0.2, 0) is 0 Å². The first-order valence-electron chi connectivity index (χ1n) is 5.16. The molecule has 90 valence electrons. The summed E-state index contributed by atoms with van der Waals surface area (Å²) >= 11 is 0. The van der Waals surface area contributed by atoms with E-state index in [1.54, 1.807) is 12.1 Å². The van der Waals surface area contributed by atoms with E-state index in [1.807, 2.05) is 0 Å². The molecule has 0 aliphatic carbocycles. The van der Waals surface area contributed by atoms with Crippen molar-refractivity contribution in [1.29, 1.82) is 0 Å². The third-order valence-corrected chi connectivity index (χ3v) is 2.14. The fraction of sp³-hybridized carbons (Fsp3) is 0.308. The molecule has 4 nitrogen and oxygen atoms in total. The van der Waals surface area contributed by atoms with E-state index in [9.17, 15) is 4.79 Å². The van der Waals surface area contributed by atoms with E-state index in [0.717, 1.165) is 0 Å².